The van der Waals surface area contributed by atoms with Crippen LogP contribution >= 0.6 is 11.3 Å². The Bertz CT molecular complexity index is 910. The summed E-state index contributed by atoms with van der Waals surface area (Å²) in [5.74, 6) is 1.17. The Morgan fingerprint density at radius 2 is 2.08 bits per heavy atom. The second kappa shape index (κ2) is 6.36. The van der Waals surface area contributed by atoms with Gasteiger partial charge in [-0.05, 0) is 12.5 Å². The molecule has 8 heteroatoms. The molecule has 1 atom stereocenters. The van der Waals surface area contributed by atoms with Crippen molar-refractivity contribution in [2.24, 2.45) is 0 Å². The van der Waals surface area contributed by atoms with E-state index in [1.54, 1.807) is 43.9 Å². The molecule has 1 aliphatic rings. The number of carbonyl (C=O) groups excluding carboxylic acids is 1. The average molecular weight is 354 g/mol. The molecule has 3 aromatic rings. The van der Waals surface area contributed by atoms with Crippen molar-refractivity contribution in [1.82, 2.24) is 24.8 Å². The standard InChI is InChI=1S/C17H18N6OS/c1-22(2)17(24)15-13(14-16(25-15)20-7-6-19-14)11-4-8-23(9-11)12-3-5-18-10-21-12/h3,5-7,10-11H,4,8-9H2,1-2H3. The van der Waals surface area contributed by atoms with E-state index < -0.39 is 0 Å². The number of fused-ring (bicyclic) bond motifs is 1. The number of anilines is 1. The van der Waals surface area contributed by atoms with E-state index in [4.69, 9.17) is 0 Å². The minimum Gasteiger partial charge on any atom is -0.356 e. The van der Waals surface area contributed by atoms with E-state index in [-0.39, 0.29) is 11.8 Å². The Morgan fingerprint density at radius 3 is 2.84 bits per heavy atom. The van der Waals surface area contributed by atoms with E-state index in [9.17, 15) is 4.79 Å². The lowest BCUT2D eigenvalue weighted by molar-refractivity contribution is 0.0831. The summed E-state index contributed by atoms with van der Waals surface area (Å²) in [7, 11) is 3.55. The Labute approximate surface area is 149 Å². The SMILES string of the molecule is CN(C)C(=O)c1sc2nccnc2c1C1CCN(c2ccncn2)C1. The summed E-state index contributed by atoms with van der Waals surface area (Å²) in [6.45, 7) is 1.71. The van der Waals surface area contributed by atoms with Crippen molar-refractivity contribution in [3.05, 3.63) is 41.4 Å². The molecule has 1 saturated heterocycles. The Morgan fingerprint density at radius 1 is 1.24 bits per heavy atom. The van der Waals surface area contributed by atoms with Gasteiger partial charge in [0.25, 0.3) is 5.91 Å². The predicted octanol–water partition coefficient (Wildman–Crippen LogP) is 2.18. The van der Waals surface area contributed by atoms with Gasteiger partial charge >= 0.3 is 0 Å². The molecule has 3 aromatic heterocycles. The highest BCUT2D eigenvalue weighted by molar-refractivity contribution is 7.20. The molecule has 0 saturated carbocycles. The third kappa shape index (κ3) is 2.82. The van der Waals surface area contributed by atoms with Crippen LogP contribution in [0.5, 0.6) is 0 Å². The van der Waals surface area contributed by atoms with E-state index in [0.29, 0.717) is 0 Å². The van der Waals surface area contributed by atoms with Crippen LogP contribution in [0, 0.1) is 0 Å². The first-order valence-electron chi connectivity index (χ1n) is 8.11. The van der Waals surface area contributed by atoms with E-state index in [1.807, 2.05) is 6.07 Å². The first kappa shape index (κ1) is 15.9. The fraction of sp³-hybridized carbons (Fsp3) is 0.353. The molecule has 1 amide bonds. The average Bonchev–Trinajstić information content (AvgIpc) is 3.26. The number of nitrogens with zero attached hydrogens (tertiary/aromatic N) is 6. The number of carbonyl (C=O) groups is 1. The summed E-state index contributed by atoms with van der Waals surface area (Å²) in [4.78, 5) is 35.4. The van der Waals surface area contributed by atoms with E-state index >= 15 is 0 Å². The van der Waals surface area contributed by atoms with Crippen molar-refractivity contribution in [3.63, 3.8) is 0 Å². The molecule has 1 aliphatic heterocycles. The van der Waals surface area contributed by atoms with Crippen LogP contribution in [0.3, 0.4) is 0 Å². The number of hydrogen-bond donors (Lipinski definition) is 0. The first-order valence-corrected chi connectivity index (χ1v) is 8.93. The molecule has 0 spiro atoms. The molecule has 4 heterocycles. The quantitative estimate of drug-likeness (QED) is 0.718. The van der Waals surface area contributed by atoms with E-state index in [1.165, 1.54) is 11.3 Å². The number of aromatic nitrogens is 4. The predicted molar refractivity (Wildman–Crippen MR) is 97.0 cm³/mol. The third-order valence-electron chi connectivity index (χ3n) is 4.45. The number of thiophene rings is 1. The second-order valence-electron chi connectivity index (χ2n) is 6.25. The monoisotopic (exact) mass is 354 g/mol. The summed E-state index contributed by atoms with van der Waals surface area (Å²) in [6, 6.07) is 1.92. The maximum Gasteiger partial charge on any atom is 0.263 e. The topological polar surface area (TPSA) is 75.1 Å². The van der Waals surface area contributed by atoms with Gasteiger partial charge in [0.1, 0.15) is 22.5 Å². The van der Waals surface area contributed by atoms with Crippen molar-refractivity contribution in [2.75, 3.05) is 32.1 Å². The Kier molecular flexibility index (Phi) is 4.04. The van der Waals surface area contributed by atoms with Crippen LogP contribution in [-0.2, 0) is 0 Å². The molecule has 1 fully saturated rings. The van der Waals surface area contributed by atoms with Crippen LogP contribution in [0.1, 0.15) is 27.6 Å². The van der Waals surface area contributed by atoms with Gasteiger partial charge < -0.3 is 9.80 Å². The lowest BCUT2D eigenvalue weighted by Gasteiger charge is -2.18. The van der Waals surface area contributed by atoms with Crippen molar-refractivity contribution < 1.29 is 4.79 Å². The lowest BCUT2D eigenvalue weighted by Crippen LogP contribution is -2.23. The Hall–Kier alpha value is -2.61. The third-order valence-corrected chi connectivity index (χ3v) is 5.54. The normalized spacial score (nSPS) is 17.2. The van der Waals surface area contributed by atoms with E-state index in [0.717, 1.165) is 46.1 Å². The molecule has 1 unspecified atom stereocenters. The molecular formula is C17H18N6OS. The fourth-order valence-electron chi connectivity index (χ4n) is 3.26. The highest BCUT2D eigenvalue weighted by Gasteiger charge is 2.32. The molecular weight excluding hydrogens is 336 g/mol. The minimum absolute atomic E-state index is 0.0142. The van der Waals surface area contributed by atoms with Gasteiger partial charge in [-0.15, -0.1) is 11.3 Å². The molecule has 0 aliphatic carbocycles. The first-order chi connectivity index (χ1) is 12.1. The zero-order chi connectivity index (χ0) is 17.4. The molecule has 0 aromatic carbocycles. The number of hydrogen-bond acceptors (Lipinski definition) is 7. The lowest BCUT2D eigenvalue weighted by atomic mass is 9.97. The Balaban J connectivity index is 1.73. The highest BCUT2D eigenvalue weighted by atomic mass is 32.1. The molecule has 128 valence electrons. The molecule has 0 bridgehead atoms. The van der Waals surface area contributed by atoms with Gasteiger partial charge in [-0.2, -0.15) is 0 Å². The highest BCUT2D eigenvalue weighted by Crippen LogP contribution is 2.39. The van der Waals surface area contributed by atoms with Crippen LogP contribution in [0.15, 0.2) is 31.0 Å². The van der Waals surface area contributed by atoms with Crippen molar-refractivity contribution in [3.8, 4) is 0 Å². The van der Waals surface area contributed by atoms with Crippen molar-refractivity contribution in [1.29, 1.82) is 0 Å². The van der Waals surface area contributed by atoms with Crippen molar-refractivity contribution >= 4 is 33.4 Å². The molecule has 0 radical (unpaired) electrons. The summed E-state index contributed by atoms with van der Waals surface area (Å²) in [6.07, 6.45) is 7.64. The van der Waals surface area contributed by atoms with Gasteiger partial charge in [0.05, 0.1) is 4.88 Å². The minimum atomic E-state index is 0.0142. The van der Waals surface area contributed by atoms with Crippen LogP contribution in [-0.4, -0.2) is 57.9 Å². The van der Waals surface area contributed by atoms with E-state index in [2.05, 4.69) is 24.8 Å². The second-order valence-corrected chi connectivity index (χ2v) is 7.25. The number of rotatable bonds is 3. The molecule has 4 rings (SSSR count). The van der Waals surface area contributed by atoms with Gasteiger partial charge in [0, 0.05) is 57.3 Å². The van der Waals surface area contributed by atoms with Crippen LogP contribution in [0.2, 0.25) is 0 Å². The molecule has 0 N–H and O–H groups in total. The summed E-state index contributed by atoms with van der Waals surface area (Å²) < 4.78 is 0. The van der Waals surface area contributed by atoms with Crippen LogP contribution in [0.25, 0.3) is 10.3 Å². The van der Waals surface area contributed by atoms with Gasteiger partial charge in [-0.3, -0.25) is 9.78 Å². The van der Waals surface area contributed by atoms with Crippen molar-refractivity contribution in [2.45, 2.75) is 12.3 Å². The van der Waals surface area contributed by atoms with Gasteiger partial charge in [0.2, 0.25) is 0 Å². The maximum atomic E-state index is 12.7. The zero-order valence-electron chi connectivity index (χ0n) is 14.1. The smallest absolute Gasteiger partial charge is 0.263 e. The maximum absolute atomic E-state index is 12.7. The molecule has 25 heavy (non-hydrogen) atoms. The van der Waals surface area contributed by atoms with Gasteiger partial charge in [-0.1, -0.05) is 0 Å². The summed E-state index contributed by atoms with van der Waals surface area (Å²) in [5, 5.41) is 0. The summed E-state index contributed by atoms with van der Waals surface area (Å²) in [5.41, 5.74) is 1.88. The van der Waals surface area contributed by atoms with Gasteiger partial charge in [-0.25, -0.2) is 15.0 Å². The summed E-state index contributed by atoms with van der Waals surface area (Å²) >= 11 is 1.44. The fourth-order valence-corrected chi connectivity index (χ4v) is 4.47. The van der Waals surface area contributed by atoms with Gasteiger partial charge in [0.15, 0.2) is 0 Å². The largest absolute Gasteiger partial charge is 0.356 e. The zero-order valence-corrected chi connectivity index (χ0v) is 14.9. The molecule has 7 nitrogen and oxygen atoms in total. The van der Waals surface area contributed by atoms with Crippen LogP contribution < -0.4 is 4.90 Å². The van der Waals surface area contributed by atoms with Crippen LogP contribution in [0.4, 0.5) is 5.82 Å². The number of amides is 1.